The first-order valence-corrected chi connectivity index (χ1v) is 11.1. The van der Waals surface area contributed by atoms with Crippen molar-refractivity contribution in [2.75, 3.05) is 5.32 Å². The van der Waals surface area contributed by atoms with Gasteiger partial charge in [-0.1, -0.05) is 49.4 Å². The van der Waals surface area contributed by atoms with Crippen molar-refractivity contribution in [2.24, 2.45) is 0 Å². The Kier molecular flexibility index (Phi) is 5.43. The van der Waals surface area contributed by atoms with Crippen LogP contribution in [0.15, 0.2) is 73.1 Å². The van der Waals surface area contributed by atoms with Gasteiger partial charge in [0.1, 0.15) is 16.7 Å². The molecule has 0 aliphatic rings. The summed E-state index contributed by atoms with van der Waals surface area (Å²) >= 11 is 1.20. The molecule has 0 aliphatic carbocycles. The van der Waals surface area contributed by atoms with Gasteiger partial charge >= 0.3 is 0 Å². The number of hydrogen-bond donors (Lipinski definition) is 1. The fourth-order valence-electron chi connectivity index (χ4n) is 3.67. The number of benzene rings is 2. The summed E-state index contributed by atoms with van der Waals surface area (Å²) in [5, 5.41) is 7.88. The first-order valence-electron chi connectivity index (χ1n) is 10.4. The Balaban J connectivity index is 1.55. The van der Waals surface area contributed by atoms with E-state index in [4.69, 9.17) is 4.98 Å². The minimum absolute atomic E-state index is 0.498. The van der Waals surface area contributed by atoms with Gasteiger partial charge in [0.2, 0.25) is 5.95 Å². The van der Waals surface area contributed by atoms with Gasteiger partial charge in [0.05, 0.1) is 11.7 Å². The van der Waals surface area contributed by atoms with Crippen LogP contribution in [0.1, 0.15) is 31.5 Å². The summed E-state index contributed by atoms with van der Waals surface area (Å²) < 4.78 is 10.3. The topological polar surface area (TPSA) is 80.9 Å². The van der Waals surface area contributed by atoms with E-state index < -0.39 is 0 Å². The molecule has 158 valence electrons. The standard InChI is InChI=1S/C24H21N7S/c1-3-8-19(16-9-6-5-7-10-16)18(4-2)22-23-27-24(28-31(23)14-13-25-22)26-17-11-12-20-21(15-17)30-32-29-20/h4-15H,3H2,1-2H3,(H,26,28). The second-order valence-electron chi connectivity index (χ2n) is 7.17. The summed E-state index contributed by atoms with van der Waals surface area (Å²) in [4.78, 5) is 9.44. The van der Waals surface area contributed by atoms with Gasteiger partial charge in [0.25, 0.3) is 0 Å². The average Bonchev–Trinajstić information content (AvgIpc) is 3.46. The molecule has 0 fully saturated rings. The van der Waals surface area contributed by atoms with Crippen molar-refractivity contribution in [2.45, 2.75) is 20.3 Å². The molecule has 8 heteroatoms. The molecule has 32 heavy (non-hydrogen) atoms. The number of fused-ring (bicyclic) bond motifs is 2. The molecule has 0 unspecified atom stereocenters. The maximum absolute atomic E-state index is 4.76. The molecule has 0 radical (unpaired) electrons. The molecular formula is C24H21N7S. The van der Waals surface area contributed by atoms with Crippen LogP contribution in [0.25, 0.3) is 27.8 Å². The van der Waals surface area contributed by atoms with E-state index >= 15 is 0 Å². The maximum atomic E-state index is 4.76. The predicted molar refractivity (Wildman–Crippen MR) is 130 cm³/mol. The minimum Gasteiger partial charge on any atom is -0.323 e. The second kappa shape index (κ2) is 8.68. The summed E-state index contributed by atoms with van der Waals surface area (Å²) in [6.07, 6.45) is 8.79. The molecule has 0 spiro atoms. The van der Waals surface area contributed by atoms with Crippen LogP contribution in [-0.2, 0) is 0 Å². The normalized spacial score (nSPS) is 12.6. The molecule has 3 heterocycles. The largest absolute Gasteiger partial charge is 0.323 e. The molecule has 1 N–H and O–H groups in total. The van der Waals surface area contributed by atoms with Crippen molar-refractivity contribution in [1.29, 1.82) is 0 Å². The van der Waals surface area contributed by atoms with E-state index in [0.717, 1.165) is 45.5 Å². The van der Waals surface area contributed by atoms with Crippen LogP contribution in [0.2, 0.25) is 0 Å². The van der Waals surface area contributed by atoms with E-state index in [0.29, 0.717) is 11.6 Å². The highest BCUT2D eigenvalue weighted by atomic mass is 32.1. The Morgan fingerprint density at radius 1 is 1.06 bits per heavy atom. The summed E-state index contributed by atoms with van der Waals surface area (Å²) in [7, 11) is 0. The van der Waals surface area contributed by atoms with E-state index in [-0.39, 0.29) is 0 Å². The first-order chi connectivity index (χ1) is 15.8. The van der Waals surface area contributed by atoms with Crippen LogP contribution in [-0.4, -0.2) is 28.3 Å². The molecule has 5 rings (SSSR count). The third-order valence-corrected chi connectivity index (χ3v) is 5.65. The first kappa shape index (κ1) is 20.0. The highest BCUT2D eigenvalue weighted by Crippen LogP contribution is 2.32. The molecular weight excluding hydrogens is 418 g/mol. The molecule has 5 aromatic rings. The Morgan fingerprint density at radius 3 is 2.72 bits per heavy atom. The lowest BCUT2D eigenvalue weighted by Gasteiger charge is -2.12. The van der Waals surface area contributed by atoms with Gasteiger partial charge in [0.15, 0.2) is 5.65 Å². The summed E-state index contributed by atoms with van der Waals surface area (Å²) in [5.74, 6) is 0.498. The molecule has 0 bridgehead atoms. The molecule has 2 aromatic carbocycles. The lowest BCUT2D eigenvalue weighted by molar-refractivity contribution is 0.945. The molecule has 0 saturated carbocycles. The predicted octanol–water partition coefficient (Wildman–Crippen LogP) is 5.77. The monoisotopic (exact) mass is 439 g/mol. The van der Waals surface area contributed by atoms with Crippen LogP contribution in [0.4, 0.5) is 11.6 Å². The highest BCUT2D eigenvalue weighted by molar-refractivity contribution is 7.00. The van der Waals surface area contributed by atoms with Crippen molar-refractivity contribution < 1.29 is 0 Å². The molecule has 3 aromatic heterocycles. The van der Waals surface area contributed by atoms with Gasteiger partial charge in [-0.15, -0.1) is 5.10 Å². The summed E-state index contributed by atoms with van der Waals surface area (Å²) in [6, 6.07) is 16.2. The van der Waals surface area contributed by atoms with Gasteiger partial charge in [0, 0.05) is 23.7 Å². The Bertz CT molecular complexity index is 1450. The zero-order valence-corrected chi connectivity index (χ0v) is 18.5. The maximum Gasteiger partial charge on any atom is 0.247 e. The Morgan fingerprint density at radius 2 is 1.91 bits per heavy atom. The van der Waals surface area contributed by atoms with E-state index in [1.807, 2.05) is 49.5 Å². The van der Waals surface area contributed by atoms with Crippen molar-refractivity contribution in [3.8, 4) is 0 Å². The summed E-state index contributed by atoms with van der Waals surface area (Å²) in [5.41, 5.74) is 7.37. The van der Waals surface area contributed by atoms with Crippen molar-refractivity contribution in [3.05, 3.63) is 84.3 Å². The molecule has 0 saturated heterocycles. The van der Waals surface area contributed by atoms with Crippen LogP contribution in [0.5, 0.6) is 0 Å². The third-order valence-electron chi connectivity index (χ3n) is 5.09. The Labute approximate surface area is 189 Å². The van der Waals surface area contributed by atoms with Gasteiger partial charge < -0.3 is 5.32 Å². The van der Waals surface area contributed by atoms with Crippen LogP contribution < -0.4 is 5.32 Å². The number of nitrogens with one attached hydrogen (secondary N) is 1. The number of nitrogens with zero attached hydrogens (tertiary/aromatic N) is 6. The zero-order valence-electron chi connectivity index (χ0n) is 17.7. The molecule has 0 amide bonds. The quantitative estimate of drug-likeness (QED) is 0.338. The van der Waals surface area contributed by atoms with Gasteiger partial charge in [-0.25, -0.2) is 4.52 Å². The van der Waals surface area contributed by atoms with Crippen LogP contribution in [0, 0.1) is 0 Å². The van der Waals surface area contributed by atoms with E-state index in [1.165, 1.54) is 11.7 Å². The van der Waals surface area contributed by atoms with E-state index in [2.05, 4.69) is 55.4 Å². The van der Waals surface area contributed by atoms with Crippen LogP contribution >= 0.6 is 11.7 Å². The highest BCUT2D eigenvalue weighted by Gasteiger charge is 2.17. The smallest absolute Gasteiger partial charge is 0.247 e. The van der Waals surface area contributed by atoms with Gasteiger partial charge in [-0.2, -0.15) is 13.7 Å². The van der Waals surface area contributed by atoms with E-state index in [1.54, 1.807) is 10.7 Å². The number of rotatable bonds is 6. The fraction of sp³-hybridized carbons (Fsp3) is 0.125. The van der Waals surface area contributed by atoms with Crippen LogP contribution in [0.3, 0.4) is 0 Å². The minimum atomic E-state index is 0.498. The van der Waals surface area contributed by atoms with Gasteiger partial charge in [-0.05, 0) is 42.7 Å². The second-order valence-corrected chi connectivity index (χ2v) is 7.70. The molecule has 0 aliphatic heterocycles. The molecule has 7 nitrogen and oxygen atoms in total. The van der Waals surface area contributed by atoms with Crippen molar-refractivity contribution >= 4 is 51.2 Å². The Hall–Kier alpha value is -3.91. The zero-order chi connectivity index (χ0) is 21.9. The SMILES string of the molecule is CC=C(C(=CCC)c1ccccc1)c1nccn2nc(Nc3ccc4nsnc4c3)nc12. The van der Waals surface area contributed by atoms with Crippen molar-refractivity contribution in [3.63, 3.8) is 0 Å². The fourth-order valence-corrected chi connectivity index (χ4v) is 4.19. The average molecular weight is 440 g/mol. The lowest BCUT2D eigenvalue weighted by atomic mass is 9.94. The third kappa shape index (κ3) is 3.76. The van der Waals surface area contributed by atoms with Crippen molar-refractivity contribution in [1.82, 2.24) is 28.3 Å². The molecule has 0 atom stereocenters. The number of hydrogen-bond acceptors (Lipinski definition) is 7. The van der Waals surface area contributed by atoms with Gasteiger partial charge in [-0.3, -0.25) is 4.98 Å². The van der Waals surface area contributed by atoms with E-state index in [9.17, 15) is 0 Å². The summed E-state index contributed by atoms with van der Waals surface area (Å²) in [6.45, 7) is 4.16. The number of aromatic nitrogens is 6. The lowest BCUT2D eigenvalue weighted by Crippen LogP contribution is -1.99. The number of anilines is 2. The number of allylic oxidation sites excluding steroid dienone is 4.